The van der Waals surface area contributed by atoms with Gasteiger partial charge in [0.25, 0.3) is 0 Å². The van der Waals surface area contributed by atoms with Gasteiger partial charge in [-0.05, 0) is 37.1 Å². The summed E-state index contributed by atoms with van der Waals surface area (Å²) in [6.07, 6.45) is -0.656. The lowest BCUT2D eigenvalue weighted by molar-refractivity contribution is -0.140. The molecule has 1 rings (SSSR count). The first-order valence-corrected chi connectivity index (χ1v) is 6.55. The second-order valence-corrected chi connectivity index (χ2v) is 4.93. The number of carboxylic acid groups (broad SMARTS) is 1. The molecule has 7 nitrogen and oxygen atoms in total. The van der Waals surface area contributed by atoms with Crippen LogP contribution in [0.15, 0.2) is 24.3 Å². The lowest BCUT2D eigenvalue weighted by Gasteiger charge is -2.21. The van der Waals surface area contributed by atoms with Gasteiger partial charge in [0.1, 0.15) is 17.5 Å². The number of carboxylic acids is 1. The minimum absolute atomic E-state index is 0.113. The van der Waals surface area contributed by atoms with Gasteiger partial charge < -0.3 is 25.6 Å². The van der Waals surface area contributed by atoms with Crippen molar-refractivity contribution in [1.82, 2.24) is 10.6 Å². The minimum atomic E-state index is -1.09. The van der Waals surface area contributed by atoms with Crippen molar-refractivity contribution < 1.29 is 24.5 Å². The summed E-state index contributed by atoms with van der Waals surface area (Å²) in [7, 11) is 0. The van der Waals surface area contributed by atoms with Crippen LogP contribution < -0.4 is 15.4 Å². The number of hydrogen-bond acceptors (Lipinski definition) is 4. The molecular weight excluding hydrogens is 276 g/mol. The van der Waals surface area contributed by atoms with E-state index in [-0.39, 0.29) is 11.7 Å². The molecule has 4 N–H and O–H groups in total. The molecule has 2 amide bonds. The van der Waals surface area contributed by atoms with E-state index in [1.165, 1.54) is 12.1 Å². The number of phenolic OH excluding ortho intramolecular Hbond substituents is 1. The summed E-state index contributed by atoms with van der Waals surface area (Å²) in [5.74, 6) is -0.741. The van der Waals surface area contributed by atoms with E-state index < -0.39 is 24.3 Å². The Bertz CT molecular complexity index is 487. The number of nitrogens with one attached hydrogen (secondary N) is 2. The second kappa shape index (κ2) is 7.37. The molecule has 0 heterocycles. The van der Waals surface area contributed by atoms with Gasteiger partial charge in [0.05, 0.1) is 0 Å². The van der Waals surface area contributed by atoms with Crippen LogP contribution in [0.5, 0.6) is 11.5 Å². The highest BCUT2D eigenvalue weighted by Gasteiger charge is 2.23. The number of carbonyl (C=O) groups is 2. The first kappa shape index (κ1) is 16.6. The minimum Gasteiger partial charge on any atom is -0.508 e. The molecule has 0 bridgehead atoms. The largest absolute Gasteiger partial charge is 0.508 e. The smallest absolute Gasteiger partial charge is 0.326 e. The fourth-order valence-corrected chi connectivity index (χ4v) is 1.64. The molecule has 0 aromatic heterocycles. The number of ether oxygens (including phenoxy) is 1. The second-order valence-electron chi connectivity index (χ2n) is 4.93. The van der Waals surface area contributed by atoms with Crippen LogP contribution >= 0.6 is 0 Å². The molecule has 0 aliphatic heterocycles. The fraction of sp³-hybridized carbons (Fsp3) is 0.429. The maximum Gasteiger partial charge on any atom is 0.326 e. The van der Waals surface area contributed by atoms with Crippen LogP contribution in [0.3, 0.4) is 0 Å². The third-order valence-corrected chi connectivity index (χ3v) is 2.70. The Morgan fingerprint density at radius 3 is 2.14 bits per heavy atom. The predicted octanol–water partition coefficient (Wildman–Crippen LogP) is 1.53. The van der Waals surface area contributed by atoms with Gasteiger partial charge in [0.15, 0.2) is 6.23 Å². The van der Waals surface area contributed by atoms with Crippen LogP contribution in [-0.4, -0.2) is 34.5 Å². The molecule has 0 aliphatic rings. The van der Waals surface area contributed by atoms with E-state index in [1.54, 1.807) is 32.9 Å². The van der Waals surface area contributed by atoms with Gasteiger partial charge in [-0.15, -0.1) is 0 Å². The quantitative estimate of drug-likeness (QED) is 0.595. The Kier molecular flexibility index (Phi) is 5.83. The topological polar surface area (TPSA) is 108 Å². The highest BCUT2D eigenvalue weighted by Crippen LogP contribution is 2.16. The van der Waals surface area contributed by atoms with Gasteiger partial charge in [0, 0.05) is 0 Å². The molecule has 0 radical (unpaired) electrons. The Morgan fingerprint density at radius 2 is 1.67 bits per heavy atom. The van der Waals surface area contributed by atoms with Crippen molar-refractivity contribution in [3.8, 4) is 11.5 Å². The van der Waals surface area contributed by atoms with Crippen molar-refractivity contribution in [2.75, 3.05) is 0 Å². The number of amides is 2. The van der Waals surface area contributed by atoms with E-state index >= 15 is 0 Å². The standard InChI is InChI=1S/C14H20N2O5/c1-8(2)12(13(18)19)16-14(20)15-9(3)21-11-6-4-10(17)5-7-11/h4-9,12,17H,1-3H3,(H,18,19)(H2,15,16,20). The summed E-state index contributed by atoms with van der Waals surface area (Å²) in [5, 5.41) is 23.0. The lowest BCUT2D eigenvalue weighted by Crippen LogP contribution is -2.51. The zero-order valence-electron chi connectivity index (χ0n) is 12.2. The van der Waals surface area contributed by atoms with Crippen LogP contribution in [0.2, 0.25) is 0 Å². The SMILES string of the molecule is CC(NC(=O)NC(C(=O)O)C(C)C)Oc1ccc(O)cc1. The molecule has 0 spiro atoms. The summed E-state index contributed by atoms with van der Waals surface area (Å²) in [4.78, 5) is 22.7. The number of carbonyl (C=O) groups excluding carboxylic acids is 1. The Balaban J connectivity index is 2.50. The van der Waals surface area contributed by atoms with Gasteiger partial charge in [0.2, 0.25) is 0 Å². The molecular formula is C14H20N2O5. The third kappa shape index (κ3) is 5.60. The summed E-state index contributed by atoms with van der Waals surface area (Å²) >= 11 is 0. The van der Waals surface area contributed by atoms with Crippen LogP contribution in [0, 0.1) is 5.92 Å². The van der Waals surface area contributed by atoms with Gasteiger partial charge in [-0.1, -0.05) is 13.8 Å². The number of aromatic hydroxyl groups is 1. The molecule has 116 valence electrons. The lowest BCUT2D eigenvalue weighted by atomic mass is 10.1. The number of hydrogen-bond donors (Lipinski definition) is 4. The number of aliphatic carboxylic acids is 1. The van der Waals surface area contributed by atoms with E-state index in [4.69, 9.17) is 14.9 Å². The summed E-state index contributed by atoms with van der Waals surface area (Å²) in [6, 6.07) is 4.44. The van der Waals surface area contributed by atoms with Crippen LogP contribution in [0.4, 0.5) is 4.79 Å². The zero-order chi connectivity index (χ0) is 16.0. The Labute approximate surface area is 122 Å². The van der Waals surface area contributed by atoms with Crippen LogP contribution in [-0.2, 0) is 4.79 Å². The molecule has 0 saturated carbocycles. The van der Waals surface area contributed by atoms with Crippen molar-refractivity contribution in [1.29, 1.82) is 0 Å². The Hall–Kier alpha value is -2.44. The molecule has 0 aliphatic carbocycles. The van der Waals surface area contributed by atoms with Crippen molar-refractivity contribution in [2.24, 2.45) is 5.92 Å². The van der Waals surface area contributed by atoms with E-state index in [0.717, 1.165) is 0 Å². The van der Waals surface area contributed by atoms with E-state index in [1.807, 2.05) is 0 Å². The summed E-state index contributed by atoms with van der Waals surface area (Å²) in [5.41, 5.74) is 0. The highest BCUT2D eigenvalue weighted by atomic mass is 16.5. The van der Waals surface area contributed by atoms with E-state index in [9.17, 15) is 9.59 Å². The van der Waals surface area contributed by atoms with Crippen molar-refractivity contribution >= 4 is 12.0 Å². The Morgan fingerprint density at radius 1 is 1.10 bits per heavy atom. The molecule has 1 aromatic carbocycles. The van der Waals surface area contributed by atoms with Crippen molar-refractivity contribution in [3.63, 3.8) is 0 Å². The van der Waals surface area contributed by atoms with Gasteiger partial charge in [-0.2, -0.15) is 0 Å². The molecule has 21 heavy (non-hydrogen) atoms. The summed E-state index contributed by atoms with van der Waals surface area (Å²) in [6.45, 7) is 5.02. The average Bonchev–Trinajstić information content (AvgIpc) is 2.38. The van der Waals surface area contributed by atoms with Gasteiger partial charge in [-0.25, -0.2) is 9.59 Å². The average molecular weight is 296 g/mol. The fourth-order valence-electron chi connectivity index (χ4n) is 1.64. The van der Waals surface area contributed by atoms with Gasteiger partial charge >= 0.3 is 12.0 Å². The highest BCUT2D eigenvalue weighted by molar-refractivity contribution is 5.82. The summed E-state index contributed by atoms with van der Waals surface area (Å²) < 4.78 is 5.41. The van der Waals surface area contributed by atoms with E-state index in [0.29, 0.717) is 5.75 Å². The number of urea groups is 1. The maximum atomic E-state index is 11.7. The molecule has 0 fully saturated rings. The number of phenols is 1. The van der Waals surface area contributed by atoms with E-state index in [2.05, 4.69) is 10.6 Å². The first-order chi connectivity index (χ1) is 9.79. The molecule has 7 heteroatoms. The maximum absolute atomic E-state index is 11.7. The van der Waals surface area contributed by atoms with Crippen LogP contribution in [0.25, 0.3) is 0 Å². The van der Waals surface area contributed by atoms with Crippen molar-refractivity contribution in [3.05, 3.63) is 24.3 Å². The monoisotopic (exact) mass is 296 g/mol. The molecule has 1 aromatic rings. The molecule has 2 atom stereocenters. The normalized spacial score (nSPS) is 13.3. The van der Waals surface area contributed by atoms with Crippen LogP contribution in [0.1, 0.15) is 20.8 Å². The molecule has 2 unspecified atom stereocenters. The molecule has 0 saturated heterocycles. The zero-order valence-corrected chi connectivity index (χ0v) is 12.2. The number of benzene rings is 1. The third-order valence-electron chi connectivity index (χ3n) is 2.70. The van der Waals surface area contributed by atoms with Crippen molar-refractivity contribution in [2.45, 2.75) is 33.0 Å². The first-order valence-electron chi connectivity index (χ1n) is 6.55. The number of rotatable bonds is 6. The predicted molar refractivity (Wildman–Crippen MR) is 76.1 cm³/mol. The van der Waals surface area contributed by atoms with Gasteiger partial charge in [-0.3, -0.25) is 0 Å².